The van der Waals surface area contributed by atoms with Crippen LogP contribution in [0.2, 0.25) is 0 Å². The second-order valence-electron chi connectivity index (χ2n) is 6.71. The molecule has 0 unspecified atom stereocenters. The summed E-state index contributed by atoms with van der Waals surface area (Å²) in [4.78, 5) is 13.9. The first-order valence-corrected chi connectivity index (χ1v) is 9.80. The molecule has 0 saturated carbocycles. The minimum atomic E-state index is -1.09. The first-order valence-electron chi connectivity index (χ1n) is 8.98. The molecule has 4 rings (SSSR count). The number of hydrogen-bond donors (Lipinski definition) is 2. The van der Waals surface area contributed by atoms with Crippen molar-refractivity contribution in [2.75, 3.05) is 25.5 Å². The third kappa shape index (κ3) is 3.78. The number of benzene rings is 1. The van der Waals surface area contributed by atoms with Crippen molar-refractivity contribution in [3.8, 4) is 10.6 Å². The van der Waals surface area contributed by atoms with Crippen LogP contribution in [-0.4, -0.2) is 63.7 Å². The van der Waals surface area contributed by atoms with Crippen LogP contribution in [0.4, 0.5) is 15.0 Å². The number of aryl methyl sites for hydroxylation is 1. The number of nitrogens with one attached hydrogen (secondary N) is 2. The number of nitrogens with zero attached hydrogens (tertiary/aromatic N) is 5. The van der Waals surface area contributed by atoms with Crippen LogP contribution in [0, 0.1) is 6.92 Å². The molecule has 1 saturated heterocycles. The fraction of sp³-hybridized carbons (Fsp3) is 0.389. The number of halogens is 1. The van der Waals surface area contributed by atoms with Crippen LogP contribution >= 0.6 is 11.3 Å². The molecule has 2 amide bonds. The van der Waals surface area contributed by atoms with Gasteiger partial charge in [-0.3, -0.25) is 5.32 Å². The van der Waals surface area contributed by atoms with Gasteiger partial charge in [-0.1, -0.05) is 11.3 Å². The van der Waals surface area contributed by atoms with Gasteiger partial charge in [0.1, 0.15) is 16.2 Å². The molecule has 2 aromatic heterocycles. The standard InChI is InChI=1S/C18H20FN7OS/c1-10-22-25-17(28-10)11-3-4-14-12(7-11)8-16(24-23-14)21-18(27)26-6-5-15(20-2)13(19)9-26/h3-4,7-8,13,15,20H,5-6,9H2,1-2H3,(H,21,24,27)/t13-,15-/m0/s1. The summed E-state index contributed by atoms with van der Waals surface area (Å²) in [6, 6.07) is 6.88. The molecule has 3 heterocycles. The SMILES string of the molecule is CN[C@H]1CCN(C(=O)Nc2cc3cc(-c4nnc(C)s4)ccc3nn2)C[C@@H]1F. The fourth-order valence-corrected chi connectivity index (χ4v) is 3.94. The van der Waals surface area contributed by atoms with Gasteiger partial charge in [0.25, 0.3) is 0 Å². The third-order valence-electron chi connectivity index (χ3n) is 4.79. The van der Waals surface area contributed by atoms with Crippen molar-refractivity contribution in [1.29, 1.82) is 0 Å². The lowest BCUT2D eigenvalue weighted by Crippen LogP contribution is -2.52. The highest BCUT2D eigenvalue weighted by atomic mass is 32.1. The molecular weight excluding hydrogens is 381 g/mol. The Morgan fingerprint density at radius 1 is 1.25 bits per heavy atom. The monoisotopic (exact) mass is 401 g/mol. The number of amides is 2. The lowest BCUT2D eigenvalue weighted by atomic mass is 10.0. The van der Waals surface area contributed by atoms with Gasteiger partial charge >= 0.3 is 6.03 Å². The van der Waals surface area contributed by atoms with Crippen molar-refractivity contribution in [3.05, 3.63) is 29.3 Å². The Morgan fingerprint density at radius 2 is 2.11 bits per heavy atom. The van der Waals surface area contributed by atoms with Crippen molar-refractivity contribution in [1.82, 2.24) is 30.6 Å². The van der Waals surface area contributed by atoms with Crippen LogP contribution in [0.5, 0.6) is 0 Å². The number of aromatic nitrogens is 4. The summed E-state index contributed by atoms with van der Waals surface area (Å²) in [5.74, 6) is 0.328. The average molecular weight is 401 g/mol. The van der Waals surface area contributed by atoms with Crippen molar-refractivity contribution in [2.45, 2.75) is 25.6 Å². The number of urea groups is 1. The topological polar surface area (TPSA) is 95.9 Å². The van der Waals surface area contributed by atoms with E-state index in [1.165, 1.54) is 16.2 Å². The van der Waals surface area contributed by atoms with E-state index in [-0.39, 0.29) is 18.6 Å². The van der Waals surface area contributed by atoms with E-state index in [2.05, 4.69) is 31.0 Å². The van der Waals surface area contributed by atoms with E-state index in [0.717, 1.165) is 21.0 Å². The van der Waals surface area contributed by atoms with Gasteiger partial charge in [-0.25, -0.2) is 9.18 Å². The minimum Gasteiger partial charge on any atom is -0.321 e. The predicted octanol–water partition coefficient (Wildman–Crippen LogP) is 2.62. The summed E-state index contributed by atoms with van der Waals surface area (Å²) >= 11 is 1.51. The van der Waals surface area contributed by atoms with E-state index in [1.54, 1.807) is 13.1 Å². The molecule has 146 valence electrons. The molecule has 0 spiro atoms. The van der Waals surface area contributed by atoms with Crippen LogP contribution in [0.1, 0.15) is 11.4 Å². The number of carbonyl (C=O) groups excluding carboxylic acids is 1. The van der Waals surface area contributed by atoms with Crippen LogP contribution in [-0.2, 0) is 0 Å². The summed E-state index contributed by atoms with van der Waals surface area (Å²) in [5.41, 5.74) is 1.64. The lowest BCUT2D eigenvalue weighted by Gasteiger charge is -2.34. The first-order chi connectivity index (χ1) is 13.5. The van der Waals surface area contributed by atoms with Gasteiger partial charge in [0.15, 0.2) is 5.82 Å². The normalized spacial score (nSPS) is 19.8. The number of fused-ring (bicyclic) bond motifs is 1. The zero-order valence-corrected chi connectivity index (χ0v) is 16.3. The largest absolute Gasteiger partial charge is 0.323 e. The average Bonchev–Trinajstić information content (AvgIpc) is 3.13. The highest BCUT2D eigenvalue weighted by Gasteiger charge is 2.30. The van der Waals surface area contributed by atoms with Crippen LogP contribution < -0.4 is 10.6 Å². The van der Waals surface area contributed by atoms with Gasteiger partial charge in [0, 0.05) is 23.5 Å². The molecule has 10 heteroatoms. The molecule has 0 radical (unpaired) electrons. The Hall–Kier alpha value is -2.72. The maximum atomic E-state index is 14.1. The molecular formula is C18H20FN7OS. The van der Waals surface area contributed by atoms with E-state index in [0.29, 0.717) is 24.3 Å². The maximum Gasteiger partial charge on any atom is 0.323 e. The Balaban J connectivity index is 1.51. The van der Waals surface area contributed by atoms with Crippen molar-refractivity contribution in [3.63, 3.8) is 0 Å². The van der Waals surface area contributed by atoms with Gasteiger partial charge in [0.05, 0.1) is 12.1 Å². The van der Waals surface area contributed by atoms with Crippen LogP contribution in [0.25, 0.3) is 21.5 Å². The minimum absolute atomic E-state index is 0.0545. The second kappa shape index (κ2) is 7.72. The molecule has 2 N–H and O–H groups in total. The number of hydrogen-bond acceptors (Lipinski definition) is 7. The third-order valence-corrected chi connectivity index (χ3v) is 5.68. The summed E-state index contributed by atoms with van der Waals surface area (Å²) < 4.78 is 14.1. The van der Waals surface area contributed by atoms with Gasteiger partial charge < -0.3 is 10.2 Å². The quantitative estimate of drug-likeness (QED) is 0.700. The smallest absolute Gasteiger partial charge is 0.321 e. The van der Waals surface area contributed by atoms with Gasteiger partial charge in [0.2, 0.25) is 0 Å². The highest BCUT2D eigenvalue weighted by molar-refractivity contribution is 7.14. The number of anilines is 1. The number of rotatable bonds is 3. The maximum absolute atomic E-state index is 14.1. The number of carbonyl (C=O) groups is 1. The molecule has 28 heavy (non-hydrogen) atoms. The first kappa shape index (κ1) is 18.6. The van der Waals surface area contributed by atoms with Crippen molar-refractivity contribution >= 4 is 34.1 Å². The molecule has 0 bridgehead atoms. The Kier molecular flexibility index (Phi) is 5.14. The summed E-state index contributed by atoms with van der Waals surface area (Å²) in [7, 11) is 1.73. The molecule has 1 fully saturated rings. The second-order valence-corrected chi connectivity index (χ2v) is 7.89. The van der Waals surface area contributed by atoms with Gasteiger partial charge in [-0.05, 0) is 44.7 Å². The Labute approximate surface area is 165 Å². The van der Waals surface area contributed by atoms with Gasteiger partial charge in [-0.2, -0.15) is 0 Å². The summed E-state index contributed by atoms with van der Waals surface area (Å²) in [6.45, 7) is 2.45. The molecule has 0 aliphatic carbocycles. The summed E-state index contributed by atoms with van der Waals surface area (Å²) in [5, 5.41) is 24.6. The van der Waals surface area contributed by atoms with E-state index < -0.39 is 6.17 Å². The number of piperidine rings is 1. The summed E-state index contributed by atoms with van der Waals surface area (Å²) in [6.07, 6.45) is -0.524. The number of alkyl halides is 1. The molecule has 3 aromatic rings. The van der Waals surface area contributed by atoms with Crippen molar-refractivity contribution in [2.24, 2.45) is 0 Å². The molecule has 8 nitrogen and oxygen atoms in total. The van der Waals surface area contributed by atoms with Gasteiger partial charge in [-0.15, -0.1) is 20.4 Å². The van der Waals surface area contributed by atoms with E-state index in [1.807, 2.05) is 25.1 Å². The predicted molar refractivity (Wildman–Crippen MR) is 106 cm³/mol. The fourth-order valence-electron chi connectivity index (χ4n) is 3.26. The lowest BCUT2D eigenvalue weighted by molar-refractivity contribution is 0.126. The molecule has 2 atom stereocenters. The Morgan fingerprint density at radius 3 is 2.82 bits per heavy atom. The highest BCUT2D eigenvalue weighted by Crippen LogP contribution is 2.27. The molecule has 1 aliphatic rings. The Bertz CT molecular complexity index is 1010. The molecule has 1 aromatic carbocycles. The van der Waals surface area contributed by atoms with Crippen molar-refractivity contribution < 1.29 is 9.18 Å². The number of likely N-dealkylation sites (tertiary alicyclic amines) is 1. The zero-order chi connectivity index (χ0) is 19.7. The van der Waals surface area contributed by atoms with E-state index in [4.69, 9.17) is 0 Å². The molecule has 1 aliphatic heterocycles. The zero-order valence-electron chi connectivity index (χ0n) is 15.5. The van der Waals surface area contributed by atoms with E-state index in [9.17, 15) is 9.18 Å². The van der Waals surface area contributed by atoms with Crippen LogP contribution in [0.15, 0.2) is 24.3 Å². The van der Waals surface area contributed by atoms with Crippen LogP contribution in [0.3, 0.4) is 0 Å². The van der Waals surface area contributed by atoms with E-state index >= 15 is 0 Å².